The number of hydrogen-bond donors (Lipinski definition) is 1. The summed E-state index contributed by atoms with van der Waals surface area (Å²) in [6, 6.07) is 5.31. The molecule has 0 bridgehead atoms. The first-order valence-corrected chi connectivity index (χ1v) is 7.47. The number of ketones is 1. The smallest absolute Gasteiger partial charge is 0.325 e. The number of alkyl halides is 1. The van der Waals surface area contributed by atoms with Crippen molar-refractivity contribution in [2.75, 3.05) is 6.61 Å². The van der Waals surface area contributed by atoms with Gasteiger partial charge >= 0.3 is 5.97 Å². The summed E-state index contributed by atoms with van der Waals surface area (Å²) in [6.45, 7) is 2.00. The number of fused-ring (bicyclic) bond motifs is 1. The van der Waals surface area contributed by atoms with Gasteiger partial charge in [0.1, 0.15) is 6.54 Å². The van der Waals surface area contributed by atoms with Crippen LogP contribution < -0.4 is 0 Å². The molecular weight excluding hydrogens is 362 g/mol. The molecule has 0 spiro atoms. The average Bonchev–Trinajstić information content (AvgIpc) is 2.76. The lowest BCUT2D eigenvalue weighted by Crippen LogP contribution is -2.14. The fourth-order valence-electron chi connectivity index (χ4n) is 2.07. The fourth-order valence-corrected chi connectivity index (χ4v) is 2.55. The molecule has 0 aliphatic carbocycles. The number of rotatable bonds is 5. The third-order valence-corrected chi connectivity index (χ3v) is 3.62. The molecular formula is C14H13BrClNO4. The van der Waals surface area contributed by atoms with Gasteiger partial charge in [0.05, 0.1) is 6.61 Å². The third kappa shape index (κ3) is 3.45. The molecule has 0 radical (unpaired) electrons. The van der Waals surface area contributed by atoms with Crippen molar-refractivity contribution in [2.24, 2.45) is 0 Å². The maximum atomic E-state index is 12.0. The van der Waals surface area contributed by atoms with Gasteiger partial charge in [-0.2, -0.15) is 0 Å². The van der Waals surface area contributed by atoms with Crippen LogP contribution >= 0.6 is 27.5 Å². The number of Topliss-reactive ketones (excluding diaryl/α,β-unsaturated/α-hetero) is 1. The Morgan fingerprint density at radius 3 is 2.81 bits per heavy atom. The van der Waals surface area contributed by atoms with Crippen LogP contribution in [0.5, 0.6) is 0 Å². The van der Waals surface area contributed by atoms with Crippen LogP contribution in [0.2, 0.25) is 0 Å². The van der Waals surface area contributed by atoms with Gasteiger partial charge in [-0.25, -0.2) is 0 Å². The van der Waals surface area contributed by atoms with Crippen LogP contribution in [0.15, 0.2) is 28.9 Å². The molecule has 2 rings (SSSR count). The molecule has 1 aromatic carbocycles. The number of aliphatic hydroxyl groups is 1. The molecule has 7 heteroatoms. The lowest BCUT2D eigenvalue weighted by molar-refractivity contribution is -0.143. The summed E-state index contributed by atoms with van der Waals surface area (Å²) in [4.78, 5) is 23.6. The van der Waals surface area contributed by atoms with E-state index in [9.17, 15) is 14.7 Å². The van der Waals surface area contributed by atoms with Crippen LogP contribution in [0, 0.1) is 0 Å². The highest BCUT2D eigenvalue weighted by Gasteiger charge is 2.21. The van der Waals surface area contributed by atoms with E-state index in [0.717, 1.165) is 4.47 Å². The number of benzene rings is 1. The summed E-state index contributed by atoms with van der Waals surface area (Å²) < 4.78 is 7.29. The molecule has 112 valence electrons. The number of carbonyl (C=O) groups excluding carboxylic acids is 2. The first-order chi connectivity index (χ1) is 9.93. The van der Waals surface area contributed by atoms with Crippen molar-refractivity contribution in [3.05, 3.63) is 34.4 Å². The van der Waals surface area contributed by atoms with E-state index in [-0.39, 0.29) is 18.7 Å². The SMILES string of the molecule is CCOC(=O)Cn1cc(C(=O)C(O)Cl)c2cc(Br)ccc21. The largest absolute Gasteiger partial charge is 0.465 e. The Balaban J connectivity index is 2.52. The van der Waals surface area contributed by atoms with E-state index in [2.05, 4.69) is 15.9 Å². The zero-order chi connectivity index (χ0) is 15.6. The van der Waals surface area contributed by atoms with Crippen molar-refractivity contribution in [1.82, 2.24) is 4.57 Å². The zero-order valence-electron chi connectivity index (χ0n) is 11.2. The molecule has 0 amide bonds. The van der Waals surface area contributed by atoms with Gasteiger partial charge in [-0.15, -0.1) is 0 Å². The van der Waals surface area contributed by atoms with Crippen LogP contribution in [0.4, 0.5) is 0 Å². The normalized spacial score (nSPS) is 12.4. The second-order valence-corrected chi connectivity index (χ2v) is 5.67. The number of aliphatic hydroxyl groups excluding tert-OH is 1. The Morgan fingerprint density at radius 2 is 2.19 bits per heavy atom. The molecule has 1 heterocycles. The van der Waals surface area contributed by atoms with Crippen molar-refractivity contribution >= 4 is 50.2 Å². The molecule has 5 nitrogen and oxygen atoms in total. The highest BCUT2D eigenvalue weighted by molar-refractivity contribution is 9.10. The third-order valence-electron chi connectivity index (χ3n) is 2.93. The van der Waals surface area contributed by atoms with E-state index < -0.39 is 17.3 Å². The Morgan fingerprint density at radius 1 is 1.48 bits per heavy atom. The number of hydrogen-bond acceptors (Lipinski definition) is 4. The van der Waals surface area contributed by atoms with Gasteiger partial charge in [-0.1, -0.05) is 27.5 Å². The molecule has 0 saturated heterocycles. The van der Waals surface area contributed by atoms with Gasteiger partial charge in [0.2, 0.25) is 5.78 Å². The van der Waals surface area contributed by atoms with Crippen LogP contribution in [0.3, 0.4) is 0 Å². The van der Waals surface area contributed by atoms with Gasteiger partial charge in [-0.05, 0) is 25.1 Å². The molecule has 0 aliphatic rings. The highest BCUT2D eigenvalue weighted by atomic mass is 79.9. The molecule has 1 unspecified atom stereocenters. The second kappa shape index (κ2) is 6.60. The van der Waals surface area contributed by atoms with Crippen LogP contribution in [0.25, 0.3) is 10.9 Å². The van der Waals surface area contributed by atoms with E-state index in [1.54, 1.807) is 29.7 Å². The zero-order valence-corrected chi connectivity index (χ0v) is 13.5. The number of esters is 1. The van der Waals surface area contributed by atoms with Crippen molar-refractivity contribution < 1.29 is 19.4 Å². The quantitative estimate of drug-likeness (QED) is 0.496. The molecule has 0 fully saturated rings. The Labute approximate surface area is 134 Å². The molecule has 1 atom stereocenters. The molecule has 21 heavy (non-hydrogen) atoms. The van der Waals surface area contributed by atoms with E-state index in [1.165, 1.54) is 6.20 Å². The highest BCUT2D eigenvalue weighted by Crippen LogP contribution is 2.26. The molecule has 1 N–H and O–H groups in total. The maximum absolute atomic E-state index is 12.0. The van der Waals surface area contributed by atoms with Gasteiger partial charge in [-0.3, -0.25) is 9.59 Å². The van der Waals surface area contributed by atoms with Crippen molar-refractivity contribution in [3.63, 3.8) is 0 Å². The number of carbonyl (C=O) groups is 2. The standard InChI is InChI=1S/C14H13BrClNO4/c1-2-21-12(18)7-17-6-10(13(19)14(16)20)9-5-8(15)3-4-11(9)17/h3-6,14,20H,2,7H2,1H3. The van der Waals surface area contributed by atoms with Gasteiger partial charge < -0.3 is 14.4 Å². The number of aromatic nitrogens is 1. The summed E-state index contributed by atoms with van der Waals surface area (Å²) in [5.41, 5.74) is -0.671. The lowest BCUT2D eigenvalue weighted by atomic mass is 10.1. The Bertz CT molecular complexity index is 696. The van der Waals surface area contributed by atoms with Crippen molar-refractivity contribution in [3.8, 4) is 0 Å². The van der Waals surface area contributed by atoms with E-state index in [4.69, 9.17) is 16.3 Å². The Hall–Kier alpha value is -1.37. The minimum absolute atomic E-state index is 0.0162. The van der Waals surface area contributed by atoms with Crippen molar-refractivity contribution in [1.29, 1.82) is 0 Å². The van der Waals surface area contributed by atoms with Crippen LogP contribution in [0.1, 0.15) is 17.3 Å². The number of nitrogens with zero attached hydrogens (tertiary/aromatic N) is 1. The minimum Gasteiger partial charge on any atom is -0.465 e. The van der Waals surface area contributed by atoms with E-state index in [0.29, 0.717) is 10.9 Å². The topological polar surface area (TPSA) is 68.5 Å². The summed E-state index contributed by atoms with van der Waals surface area (Å²) in [5.74, 6) is -1.01. The lowest BCUT2D eigenvalue weighted by Gasteiger charge is -2.04. The molecule has 2 aromatic rings. The second-order valence-electron chi connectivity index (χ2n) is 4.34. The van der Waals surface area contributed by atoms with Crippen molar-refractivity contribution in [2.45, 2.75) is 19.0 Å². The number of ether oxygens (including phenoxy) is 1. The Kier molecular flexibility index (Phi) is 5.03. The predicted octanol–water partition coefficient (Wildman–Crippen LogP) is 2.71. The summed E-state index contributed by atoms with van der Waals surface area (Å²) in [6.07, 6.45) is 1.50. The van der Waals surface area contributed by atoms with E-state index in [1.807, 2.05) is 0 Å². The molecule has 1 aromatic heterocycles. The molecule has 0 saturated carbocycles. The number of halogens is 2. The monoisotopic (exact) mass is 373 g/mol. The first kappa shape index (κ1) is 16.0. The van der Waals surface area contributed by atoms with Crippen LogP contribution in [-0.2, 0) is 16.1 Å². The average molecular weight is 375 g/mol. The molecule has 0 aliphatic heterocycles. The fraction of sp³-hybridized carbons (Fsp3) is 0.286. The minimum atomic E-state index is -1.62. The van der Waals surface area contributed by atoms with Gasteiger partial charge in [0.25, 0.3) is 0 Å². The van der Waals surface area contributed by atoms with Crippen LogP contribution in [-0.4, -0.2) is 33.6 Å². The first-order valence-electron chi connectivity index (χ1n) is 6.24. The maximum Gasteiger partial charge on any atom is 0.325 e. The summed E-state index contributed by atoms with van der Waals surface area (Å²) >= 11 is 8.79. The summed E-state index contributed by atoms with van der Waals surface area (Å²) in [5, 5.41) is 9.89. The van der Waals surface area contributed by atoms with Gasteiger partial charge in [0, 0.05) is 27.1 Å². The van der Waals surface area contributed by atoms with Gasteiger partial charge in [0.15, 0.2) is 5.56 Å². The summed E-state index contributed by atoms with van der Waals surface area (Å²) in [7, 11) is 0. The predicted molar refractivity (Wildman–Crippen MR) is 82.5 cm³/mol. The van der Waals surface area contributed by atoms with E-state index >= 15 is 0 Å².